The summed E-state index contributed by atoms with van der Waals surface area (Å²) in [5.41, 5.74) is 1.25. The standard InChI is InChI=1S/C15H19N3O4/c1-5-21-14(19)13(9(2)3)12-6-11(18-22-12)10-7-16-15(20-4)17-8-10/h6-9,13H,5H2,1-4H3. The molecule has 0 radical (unpaired) electrons. The number of hydrogen-bond donors (Lipinski definition) is 0. The van der Waals surface area contributed by atoms with Crippen molar-refractivity contribution in [3.63, 3.8) is 0 Å². The van der Waals surface area contributed by atoms with Crippen molar-refractivity contribution in [3.05, 3.63) is 24.2 Å². The van der Waals surface area contributed by atoms with Gasteiger partial charge in [-0.2, -0.15) is 0 Å². The lowest BCUT2D eigenvalue weighted by atomic mass is 9.93. The second-order valence-electron chi connectivity index (χ2n) is 5.05. The molecule has 118 valence electrons. The first kappa shape index (κ1) is 15.9. The highest BCUT2D eigenvalue weighted by Gasteiger charge is 2.29. The molecule has 0 aliphatic rings. The Kier molecular flexibility index (Phi) is 5.08. The van der Waals surface area contributed by atoms with Crippen molar-refractivity contribution in [2.75, 3.05) is 13.7 Å². The summed E-state index contributed by atoms with van der Waals surface area (Å²) in [6, 6.07) is 1.99. The van der Waals surface area contributed by atoms with Gasteiger partial charge in [-0.3, -0.25) is 4.79 Å². The molecule has 0 fully saturated rings. The van der Waals surface area contributed by atoms with E-state index in [1.165, 1.54) is 7.11 Å². The third kappa shape index (κ3) is 3.41. The summed E-state index contributed by atoms with van der Waals surface area (Å²) in [7, 11) is 1.50. The van der Waals surface area contributed by atoms with E-state index in [-0.39, 0.29) is 17.9 Å². The molecule has 2 aromatic rings. The van der Waals surface area contributed by atoms with Crippen molar-refractivity contribution in [3.8, 4) is 17.3 Å². The molecule has 2 heterocycles. The quantitative estimate of drug-likeness (QED) is 0.757. The van der Waals surface area contributed by atoms with Crippen molar-refractivity contribution in [2.45, 2.75) is 26.7 Å². The Morgan fingerprint density at radius 3 is 2.55 bits per heavy atom. The highest BCUT2D eigenvalue weighted by atomic mass is 16.5. The molecule has 2 rings (SSSR count). The van der Waals surface area contributed by atoms with Crippen LogP contribution in [0.2, 0.25) is 0 Å². The molecular formula is C15H19N3O4. The monoisotopic (exact) mass is 305 g/mol. The van der Waals surface area contributed by atoms with Crippen LogP contribution in [-0.4, -0.2) is 34.8 Å². The summed E-state index contributed by atoms with van der Waals surface area (Å²) in [5, 5.41) is 3.98. The lowest BCUT2D eigenvalue weighted by molar-refractivity contribution is -0.146. The zero-order valence-corrected chi connectivity index (χ0v) is 13.1. The summed E-state index contributed by atoms with van der Waals surface area (Å²) >= 11 is 0. The molecule has 1 atom stereocenters. The second-order valence-corrected chi connectivity index (χ2v) is 5.05. The zero-order chi connectivity index (χ0) is 16.1. The van der Waals surface area contributed by atoms with Crippen LogP contribution in [0, 0.1) is 5.92 Å². The van der Waals surface area contributed by atoms with Crippen molar-refractivity contribution >= 4 is 5.97 Å². The predicted octanol–water partition coefficient (Wildman–Crippen LogP) is 2.44. The molecule has 0 aromatic carbocycles. The Morgan fingerprint density at radius 1 is 1.32 bits per heavy atom. The van der Waals surface area contributed by atoms with Gasteiger partial charge in [0.2, 0.25) is 0 Å². The van der Waals surface area contributed by atoms with E-state index in [2.05, 4.69) is 15.1 Å². The Bertz CT molecular complexity index is 622. The Balaban J connectivity index is 2.26. The molecule has 0 aliphatic heterocycles. The topological polar surface area (TPSA) is 87.3 Å². The largest absolute Gasteiger partial charge is 0.467 e. The molecular weight excluding hydrogens is 286 g/mol. The van der Waals surface area contributed by atoms with Crippen LogP contribution in [0.5, 0.6) is 6.01 Å². The Morgan fingerprint density at radius 2 is 2.00 bits per heavy atom. The summed E-state index contributed by atoms with van der Waals surface area (Å²) in [4.78, 5) is 20.1. The minimum atomic E-state index is -0.486. The normalized spacial score (nSPS) is 12.2. The number of hydrogen-bond acceptors (Lipinski definition) is 7. The summed E-state index contributed by atoms with van der Waals surface area (Å²) < 4.78 is 15.3. The van der Waals surface area contributed by atoms with E-state index < -0.39 is 5.92 Å². The SMILES string of the molecule is CCOC(=O)C(c1cc(-c2cnc(OC)nc2)no1)C(C)C. The molecule has 7 heteroatoms. The second kappa shape index (κ2) is 7.02. The molecule has 0 N–H and O–H groups in total. The van der Waals surface area contributed by atoms with E-state index >= 15 is 0 Å². The molecule has 7 nitrogen and oxygen atoms in total. The molecule has 0 bridgehead atoms. The molecule has 0 saturated heterocycles. The summed E-state index contributed by atoms with van der Waals surface area (Å²) in [6.07, 6.45) is 3.17. The van der Waals surface area contributed by atoms with E-state index in [0.29, 0.717) is 23.6 Å². The molecule has 1 unspecified atom stereocenters. The van der Waals surface area contributed by atoms with Crippen molar-refractivity contribution < 1.29 is 18.8 Å². The number of aromatic nitrogens is 3. The van der Waals surface area contributed by atoms with Crippen molar-refractivity contribution in [2.24, 2.45) is 5.92 Å². The van der Waals surface area contributed by atoms with Gasteiger partial charge in [0.15, 0.2) is 5.76 Å². The highest BCUT2D eigenvalue weighted by Crippen LogP contribution is 2.29. The van der Waals surface area contributed by atoms with Crippen LogP contribution in [0.1, 0.15) is 32.4 Å². The minimum Gasteiger partial charge on any atom is -0.467 e. The average Bonchev–Trinajstić information content (AvgIpc) is 2.97. The fourth-order valence-corrected chi connectivity index (χ4v) is 2.07. The predicted molar refractivity (Wildman–Crippen MR) is 78.3 cm³/mol. The van der Waals surface area contributed by atoms with Gasteiger partial charge in [-0.05, 0) is 12.8 Å². The lowest BCUT2D eigenvalue weighted by Gasteiger charge is -2.15. The maximum absolute atomic E-state index is 12.1. The number of methoxy groups -OCH3 is 1. The van der Waals surface area contributed by atoms with Crippen LogP contribution in [0.3, 0.4) is 0 Å². The van der Waals surface area contributed by atoms with Gasteiger partial charge in [-0.1, -0.05) is 19.0 Å². The van der Waals surface area contributed by atoms with Crippen LogP contribution >= 0.6 is 0 Å². The number of carbonyl (C=O) groups excluding carboxylic acids is 1. The van der Waals surface area contributed by atoms with Crippen molar-refractivity contribution in [1.82, 2.24) is 15.1 Å². The third-order valence-corrected chi connectivity index (χ3v) is 3.15. The van der Waals surface area contributed by atoms with Gasteiger partial charge in [-0.25, -0.2) is 9.97 Å². The molecule has 0 amide bonds. The maximum Gasteiger partial charge on any atom is 0.317 e. The smallest absolute Gasteiger partial charge is 0.317 e. The zero-order valence-electron chi connectivity index (χ0n) is 13.1. The first-order chi connectivity index (χ1) is 10.6. The number of esters is 1. The molecule has 2 aromatic heterocycles. The maximum atomic E-state index is 12.1. The highest BCUT2D eigenvalue weighted by molar-refractivity contribution is 5.78. The lowest BCUT2D eigenvalue weighted by Crippen LogP contribution is -2.20. The Labute approximate surface area is 128 Å². The van der Waals surface area contributed by atoms with E-state index in [4.69, 9.17) is 14.0 Å². The van der Waals surface area contributed by atoms with Crippen LogP contribution in [0.4, 0.5) is 0 Å². The average molecular weight is 305 g/mol. The van der Waals surface area contributed by atoms with E-state index in [1.807, 2.05) is 13.8 Å². The number of ether oxygens (including phenoxy) is 2. The fraction of sp³-hybridized carbons (Fsp3) is 0.467. The molecule has 0 saturated carbocycles. The molecule has 0 aliphatic carbocycles. The van der Waals surface area contributed by atoms with Gasteiger partial charge in [0.1, 0.15) is 11.6 Å². The summed E-state index contributed by atoms with van der Waals surface area (Å²) in [6.45, 7) is 5.96. The molecule has 22 heavy (non-hydrogen) atoms. The van der Waals surface area contributed by atoms with Gasteiger partial charge in [0.05, 0.1) is 13.7 Å². The first-order valence-corrected chi connectivity index (χ1v) is 7.06. The summed E-state index contributed by atoms with van der Waals surface area (Å²) in [5.74, 6) is -0.294. The number of carbonyl (C=O) groups is 1. The Hall–Kier alpha value is -2.44. The van der Waals surface area contributed by atoms with E-state index in [1.54, 1.807) is 25.4 Å². The molecule has 0 spiro atoms. The van der Waals surface area contributed by atoms with Gasteiger partial charge in [0, 0.05) is 24.0 Å². The third-order valence-electron chi connectivity index (χ3n) is 3.15. The van der Waals surface area contributed by atoms with Crippen LogP contribution < -0.4 is 4.74 Å². The van der Waals surface area contributed by atoms with Gasteiger partial charge in [-0.15, -0.1) is 0 Å². The van der Waals surface area contributed by atoms with Gasteiger partial charge in [0.25, 0.3) is 0 Å². The van der Waals surface area contributed by atoms with Gasteiger partial charge >= 0.3 is 12.0 Å². The fourth-order valence-electron chi connectivity index (χ4n) is 2.07. The first-order valence-electron chi connectivity index (χ1n) is 7.06. The van der Waals surface area contributed by atoms with Crippen LogP contribution in [0.25, 0.3) is 11.3 Å². The van der Waals surface area contributed by atoms with Gasteiger partial charge < -0.3 is 14.0 Å². The van der Waals surface area contributed by atoms with Crippen LogP contribution in [0.15, 0.2) is 23.0 Å². The van der Waals surface area contributed by atoms with Crippen molar-refractivity contribution in [1.29, 1.82) is 0 Å². The van der Waals surface area contributed by atoms with E-state index in [0.717, 1.165) is 0 Å². The number of nitrogens with zero attached hydrogens (tertiary/aromatic N) is 3. The number of rotatable bonds is 6. The van der Waals surface area contributed by atoms with E-state index in [9.17, 15) is 4.79 Å². The minimum absolute atomic E-state index is 0.0342. The van der Waals surface area contributed by atoms with Crippen LogP contribution in [-0.2, 0) is 9.53 Å².